The summed E-state index contributed by atoms with van der Waals surface area (Å²) < 4.78 is 7.39. The molecule has 1 N–H and O–H groups in total. The van der Waals surface area contributed by atoms with E-state index in [1.807, 2.05) is 26.0 Å². The maximum absolute atomic E-state index is 13.2. The zero-order valence-corrected chi connectivity index (χ0v) is 23.2. The number of aromatic nitrogens is 5. The second-order valence-electron chi connectivity index (χ2n) is 11.1. The molecule has 0 unspecified atom stereocenters. The summed E-state index contributed by atoms with van der Waals surface area (Å²) in [5, 5.41) is 7.85. The Morgan fingerprint density at radius 1 is 1.16 bits per heavy atom. The van der Waals surface area contributed by atoms with Crippen LogP contribution in [0.25, 0.3) is 21.7 Å². The lowest BCUT2D eigenvalue weighted by atomic mass is 9.87. The summed E-state index contributed by atoms with van der Waals surface area (Å²) in [6.07, 6.45) is 2.98. The first-order valence-electron chi connectivity index (χ1n) is 12.9. The minimum atomic E-state index is -0.195. The average Bonchev–Trinajstić information content (AvgIpc) is 3.53. The number of rotatable bonds is 6. The normalized spacial score (nSPS) is 14.9. The van der Waals surface area contributed by atoms with Gasteiger partial charge in [0.1, 0.15) is 17.6 Å². The molecule has 1 fully saturated rings. The summed E-state index contributed by atoms with van der Waals surface area (Å²) in [6.45, 7) is 12.0. The molecule has 0 atom stereocenters. The molecule has 10 nitrogen and oxygen atoms in total. The van der Waals surface area contributed by atoms with Gasteiger partial charge in [0.05, 0.1) is 0 Å². The number of carbonyl (C=O) groups excluding carboxylic acids is 1. The van der Waals surface area contributed by atoms with Crippen molar-refractivity contribution in [1.82, 2.24) is 30.0 Å². The fraction of sp³-hybridized carbons (Fsp3) is 0.481. The van der Waals surface area contributed by atoms with E-state index in [9.17, 15) is 9.59 Å². The quantitative estimate of drug-likeness (QED) is 0.394. The summed E-state index contributed by atoms with van der Waals surface area (Å²) in [5.41, 5.74) is 2.37. The fourth-order valence-corrected chi connectivity index (χ4v) is 5.54. The molecular weight excluding hydrogens is 502 g/mol. The number of carbonyl (C=O) groups is 1. The van der Waals surface area contributed by atoms with Crippen molar-refractivity contribution >= 4 is 32.7 Å². The van der Waals surface area contributed by atoms with E-state index < -0.39 is 0 Å². The highest BCUT2D eigenvalue weighted by molar-refractivity contribution is 7.22. The summed E-state index contributed by atoms with van der Waals surface area (Å²) >= 11 is 1.33. The molecule has 4 aromatic rings. The van der Waals surface area contributed by atoms with Gasteiger partial charge in [0.25, 0.3) is 5.56 Å². The van der Waals surface area contributed by atoms with Crippen molar-refractivity contribution in [2.75, 3.05) is 18.0 Å². The second-order valence-corrected chi connectivity index (χ2v) is 12.1. The Hall–Kier alpha value is -3.60. The van der Waals surface area contributed by atoms with Gasteiger partial charge in [-0.3, -0.25) is 14.2 Å². The highest BCUT2D eigenvalue weighted by Gasteiger charge is 2.27. The molecule has 0 bridgehead atoms. The first-order valence-corrected chi connectivity index (χ1v) is 13.7. The van der Waals surface area contributed by atoms with E-state index in [-0.39, 0.29) is 35.4 Å². The van der Waals surface area contributed by atoms with E-state index in [1.54, 1.807) is 0 Å². The predicted octanol–water partition coefficient (Wildman–Crippen LogP) is 3.99. The Morgan fingerprint density at radius 2 is 1.87 bits per heavy atom. The molecule has 0 saturated carbocycles. The number of anilines is 1. The van der Waals surface area contributed by atoms with Gasteiger partial charge in [0.15, 0.2) is 10.8 Å². The number of thiazole rings is 1. The molecule has 0 radical (unpaired) electrons. The molecule has 200 valence electrons. The molecule has 0 aliphatic carbocycles. The molecule has 11 heteroatoms. The average molecular weight is 536 g/mol. The molecular formula is C27H33N7O3S. The molecule has 1 amide bonds. The Bertz CT molecular complexity index is 1490. The lowest BCUT2D eigenvalue weighted by molar-refractivity contribution is -0.126. The van der Waals surface area contributed by atoms with E-state index in [0.717, 1.165) is 23.5 Å². The summed E-state index contributed by atoms with van der Waals surface area (Å²) in [4.78, 5) is 41.2. The van der Waals surface area contributed by atoms with Crippen molar-refractivity contribution in [3.05, 3.63) is 52.4 Å². The van der Waals surface area contributed by atoms with Crippen molar-refractivity contribution in [2.24, 2.45) is 5.92 Å². The van der Waals surface area contributed by atoms with Gasteiger partial charge in [-0.05, 0) is 37.7 Å². The van der Waals surface area contributed by atoms with Crippen molar-refractivity contribution in [3.8, 4) is 11.4 Å². The largest absolute Gasteiger partial charge is 0.354 e. The monoisotopic (exact) mass is 535 g/mol. The lowest BCUT2D eigenvalue weighted by Crippen LogP contribution is -2.42. The van der Waals surface area contributed by atoms with E-state index >= 15 is 0 Å². The number of piperidine rings is 1. The van der Waals surface area contributed by atoms with Crippen molar-refractivity contribution in [2.45, 2.75) is 65.5 Å². The van der Waals surface area contributed by atoms with Gasteiger partial charge >= 0.3 is 0 Å². The van der Waals surface area contributed by atoms with Crippen LogP contribution in [0.4, 0.5) is 5.13 Å². The SMILES string of the molecule is CC(C)NC(=O)C1CCN(c2nc3ncn(Cc4nc(-c5ccc(C(C)(C)C)cc5)no4)c(=O)c3s2)CC1. The summed E-state index contributed by atoms with van der Waals surface area (Å²) in [7, 11) is 0. The zero-order chi connectivity index (χ0) is 27.0. The van der Waals surface area contributed by atoms with Gasteiger partial charge in [-0.25, -0.2) is 4.98 Å². The number of hydrogen-bond donors (Lipinski definition) is 1. The molecule has 4 heterocycles. The zero-order valence-electron chi connectivity index (χ0n) is 22.4. The third-order valence-corrected chi connectivity index (χ3v) is 7.82. The molecule has 5 rings (SSSR count). The third-order valence-electron chi connectivity index (χ3n) is 6.72. The molecule has 1 aliphatic rings. The number of fused-ring (bicyclic) bond motifs is 1. The van der Waals surface area contributed by atoms with Crippen LogP contribution in [0.2, 0.25) is 0 Å². The maximum atomic E-state index is 13.2. The van der Waals surface area contributed by atoms with Gasteiger partial charge in [-0.15, -0.1) is 0 Å². The van der Waals surface area contributed by atoms with Crippen molar-refractivity contribution < 1.29 is 9.32 Å². The van der Waals surface area contributed by atoms with Crippen LogP contribution in [0.5, 0.6) is 0 Å². The van der Waals surface area contributed by atoms with Crippen LogP contribution in [0, 0.1) is 5.92 Å². The minimum Gasteiger partial charge on any atom is -0.354 e. The van der Waals surface area contributed by atoms with Gasteiger partial charge in [-0.1, -0.05) is 61.5 Å². The Labute approximate surface area is 225 Å². The first-order chi connectivity index (χ1) is 18.1. The Kier molecular flexibility index (Phi) is 7.04. The van der Waals surface area contributed by atoms with Crippen LogP contribution in [0.1, 0.15) is 58.9 Å². The van der Waals surface area contributed by atoms with Gasteiger partial charge < -0.3 is 14.7 Å². The standard InChI is InChI=1S/C27H33N7O3S/c1-16(2)29-24(35)18-10-12-33(13-11-18)26-31-23-21(38-26)25(36)34(15-28-23)14-20-30-22(32-37-20)17-6-8-19(9-7-17)27(3,4)5/h6-9,15-16,18H,10-14H2,1-5H3,(H,29,35). The lowest BCUT2D eigenvalue weighted by Gasteiger charge is -2.31. The van der Waals surface area contributed by atoms with E-state index in [4.69, 9.17) is 4.52 Å². The van der Waals surface area contributed by atoms with Crippen LogP contribution < -0.4 is 15.8 Å². The minimum absolute atomic E-state index is 0.00843. The van der Waals surface area contributed by atoms with Crippen LogP contribution in [-0.4, -0.2) is 49.7 Å². The smallest absolute Gasteiger partial charge is 0.273 e. The second kappa shape index (κ2) is 10.3. The predicted molar refractivity (Wildman–Crippen MR) is 147 cm³/mol. The van der Waals surface area contributed by atoms with Crippen molar-refractivity contribution in [3.63, 3.8) is 0 Å². The topological polar surface area (TPSA) is 119 Å². The van der Waals surface area contributed by atoms with Crippen LogP contribution in [0.15, 0.2) is 39.9 Å². The highest BCUT2D eigenvalue weighted by Crippen LogP contribution is 2.29. The Balaban J connectivity index is 1.28. The molecule has 1 aliphatic heterocycles. The van der Waals surface area contributed by atoms with Crippen LogP contribution in [-0.2, 0) is 16.8 Å². The number of nitrogens with zero attached hydrogens (tertiary/aromatic N) is 6. The van der Waals surface area contributed by atoms with E-state index in [2.05, 4.69) is 63.2 Å². The summed E-state index contributed by atoms with van der Waals surface area (Å²) in [6, 6.07) is 8.23. The maximum Gasteiger partial charge on any atom is 0.273 e. The number of hydrogen-bond acceptors (Lipinski definition) is 9. The molecule has 1 aromatic carbocycles. The van der Waals surface area contributed by atoms with Gasteiger partial charge in [0, 0.05) is 30.6 Å². The molecule has 0 spiro atoms. The van der Waals surface area contributed by atoms with Gasteiger partial charge in [-0.2, -0.15) is 9.97 Å². The number of amides is 1. The number of nitrogens with one attached hydrogen (secondary N) is 1. The first kappa shape index (κ1) is 26.0. The Morgan fingerprint density at radius 3 is 2.53 bits per heavy atom. The van der Waals surface area contributed by atoms with Crippen LogP contribution >= 0.6 is 11.3 Å². The van der Waals surface area contributed by atoms with Crippen molar-refractivity contribution in [1.29, 1.82) is 0 Å². The fourth-order valence-electron chi connectivity index (χ4n) is 4.52. The molecule has 1 saturated heterocycles. The molecule has 3 aromatic heterocycles. The molecule has 38 heavy (non-hydrogen) atoms. The van der Waals surface area contributed by atoms with Crippen LogP contribution in [0.3, 0.4) is 0 Å². The van der Waals surface area contributed by atoms with E-state index in [1.165, 1.54) is 27.8 Å². The number of benzene rings is 1. The third kappa shape index (κ3) is 5.47. The van der Waals surface area contributed by atoms with E-state index in [0.29, 0.717) is 35.2 Å². The van der Waals surface area contributed by atoms with Gasteiger partial charge in [0.2, 0.25) is 17.6 Å². The highest BCUT2D eigenvalue weighted by atomic mass is 32.1. The summed E-state index contributed by atoms with van der Waals surface area (Å²) in [5.74, 6) is 0.927.